The molecule has 0 N–H and O–H groups in total. The van der Waals surface area contributed by atoms with Crippen LogP contribution in [0.4, 0.5) is 0 Å². The van der Waals surface area contributed by atoms with Crippen LogP contribution >= 0.6 is 0 Å². The predicted molar refractivity (Wildman–Crippen MR) is 61.8 cm³/mol. The molecule has 0 unspecified atom stereocenters. The summed E-state index contributed by atoms with van der Waals surface area (Å²) in [5.41, 5.74) is 4.74. The van der Waals surface area contributed by atoms with Crippen LogP contribution in [0.2, 0.25) is 0 Å². The smallest absolute Gasteiger partial charge is 0.0178 e. The Balaban J connectivity index is 5.25. The fourth-order valence-electron chi connectivity index (χ4n) is 1.49. The molecule has 13 heavy (non-hydrogen) atoms. The van der Waals surface area contributed by atoms with E-state index in [2.05, 4.69) is 32.2 Å². The fourth-order valence-corrected chi connectivity index (χ4v) is 1.49. The lowest BCUT2D eigenvalue weighted by molar-refractivity contribution is 1.11. The van der Waals surface area contributed by atoms with Gasteiger partial charge in [-0.3, -0.25) is 0 Å². The first-order valence-electron chi connectivity index (χ1n) is 4.72. The van der Waals surface area contributed by atoms with Gasteiger partial charge in [0.05, 0.1) is 0 Å². The molecule has 0 heteroatoms. The first-order valence-corrected chi connectivity index (χ1v) is 4.72. The molecule has 0 spiro atoms. The van der Waals surface area contributed by atoms with Gasteiger partial charge in [0.15, 0.2) is 0 Å². The first kappa shape index (κ1) is 12.0. The quantitative estimate of drug-likeness (QED) is 0.556. The molecule has 0 aliphatic carbocycles. The molecule has 0 atom stereocenters. The van der Waals surface area contributed by atoms with Crippen LogP contribution in [0.25, 0.3) is 0 Å². The Morgan fingerprint density at radius 3 is 1.85 bits per heavy atom. The molecular weight excluding hydrogens is 156 g/mol. The molecule has 0 aromatic heterocycles. The third kappa shape index (κ3) is 3.45. The molecule has 0 amide bonds. The Hall–Kier alpha value is -1.04. The Morgan fingerprint density at radius 2 is 1.62 bits per heavy atom. The van der Waals surface area contributed by atoms with Crippen molar-refractivity contribution >= 4 is 0 Å². The van der Waals surface area contributed by atoms with Crippen LogP contribution in [0.15, 0.2) is 47.6 Å². The van der Waals surface area contributed by atoms with Crippen molar-refractivity contribution < 1.29 is 0 Å². The minimum Gasteiger partial charge on any atom is -0.0955 e. The normalized spacial score (nSPS) is 10.2. The summed E-state index contributed by atoms with van der Waals surface area (Å²) in [4.78, 5) is 0. The molecule has 0 heterocycles. The van der Waals surface area contributed by atoms with E-state index in [4.69, 9.17) is 0 Å². The lowest BCUT2D eigenvalue weighted by atomic mass is 9.94. The molecular formula is C13H20. The number of rotatable bonds is 4. The highest BCUT2D eigenvalue weighted by molar-refractivity contribution is 5.48. The molecule has 0 bridgehead atoms. The van der Waals surface area contributed by atoms with Crippen LogP contribution < -0.4 is 0 Å². The van der Waals surface area contributed by atoms with Crippen LogP contribution in [0, 0.1) is 0 Å². The van der Waals surface area contributed by atoms with Crippen molar-refractivity contribution in [2.24, 2.45) is 0 Å². The maximum Gasteiger partial charge on any atom is -0.0178 e. The van der Waals surface area contributed by atoms with E-state index < -0.39 is 0 Å². The van der Waals surface area contributed by atoms with Gasteiger partial charge in [-0.1, -0.05) is 43.4 Å². The van der Waals surface area contributed by atoms with Crippen LogP contribution in [-0.2, 0) is 0 Å². The van der Waals surface area contributed by atoms with E-state index in [0.29, 0.717) is 0 Å². The maximum absolute atomic E-state index is 3.98. The SMILES string of the molecule is C=C(C)C(C(=C)C)=C(/C=C\C)CC. The fraction of sp³-hybridized carbons (Fsp3) is 0.385. The Bertz CT molecular complexity index is 246. The molecule has 0 aliphatic rings. The number of hydrogen-bond acceptors (Lipinski definition) is 0. The summed E-state index contributed by atoms with van der Waals surface area (Å²) in [5, 5.41) is 0. The van der Waals surface area contributed by atoms with Gasteiger partial charge in [0.1, 0.15) is 0 Å². The summed E-state index contributed by atoms with van der Waals surface area (Å²) >= 11 is 0. The molecule has 0 radical (unpaired) electrons. The van der Waals surface area contributed by atoms with Crippen molar-refractivity contribution in [3.63, 3.8) is 0 Å². The van der Waals surface area contributed by atoms with E-state index in [1.54, 1.807) is 0 Å². The second-order valence-electron chi connectivity index (χ2n) is 3.31. The number of allylic oxidation sites excluding steroid dienone is 6. The van der Waals surface area contributed by atoms with Crippen molar-refractivity contribution in [2.75, 3.05) is 0 Å². The minimum atomic E-state index is 1.03. The highest BCUT2D eigenvalue weighted by atomic mass is 14.1. The summed E-state index contributed by atoms with van der Waals surface area (Å²) in [5.74, 6) is 0. The van der Waals surface area contributed by atoms with Crippen molar-refractivity contribution in [1.29, 1.82) is 0 Å². The van der Waals surface area contributed by atoms with E-state index in [-0.39, 0.29) is 0 Å². The summed E-state index contributed by atoms with van der Waals surface area (Å²) in [6.07, 6.45) is 5.22. The lowest BCUT2D eigenvalue weighted by Gasteiger charge is -2.11. The first-order chi connectivity index (χ1) is 6.04. The largest absolute Gasteiger partial charge is 0.0955 e. The topological polar surface area (TPSA) is 0 Å². The third-order valence-electron chi connectivity index (χ3n) is 1.92. The molecule has 0 fully saturated rings. The van der Waals surface area contributed by atoms with Gasteiger partial charge in [0.25, 0.3) is 0 Å². The minimum absolute atomic E-state index is 1.03. The van der Waals surface area contributed by atoms with Crippen LogP contribution in [0.1, 0.15) is 34.1 Å². The summed E-state index contributed by atoms with van der Waals surface area (Å²) in [6, 6.07) is 0. The van der Waals surface area contributed by atoms with Gasteiger partial charge in [-0.2, -0.15) is 0 Å². The van der Waals surface area contributed by atoms with Crippen LogP contribution in [-0.4, -0.2) is 0 Å². The lowest BCUT2D eigenvalue weighted by Crippen LogP contribution is -1.91. The molecule has 0 aromatic carbocycles. The monoisotopic (exact) mass is 176 g/mol. The zero-order valence-corrected chi connectivity index (χ0v) is 9.28. The number of hydrogen-bond donors (Lipinski definition) is 0. The molecule has 0 nitrogen and oxygen atoms in total. The molecule has 0 saturated carbocycles. The Kier molecular flexibility index (Phi) is 5.13. The van der Waals surface area contributed by atoms with E-state index in [9.17, 15) is 0 Å². The van der Waals surface area contributed by atoms with Crippen LogP contribution in [0.3, 0.4) is 0 Å². The predicted octanol–water partition coefficient (Wildman–Crippen LogP) is 4.42. The van der Waals surface area contributed by atoms with Gasteiger partial charge >= 0.3 is 0 Å². The van der Waals surface area contributed by atoms with Crippen molar-refractivity contribution in [3.8, 4) is 0 Å². The zero-order chi connectivity index (χ0) is 10.4. The molecule has 72 valence electrons. The zero-order valence-electron chi connectivity index (χ0n) is 9.28. The summed E-state index contributed by atoms with van der Waals surface area (Å²) in [6.45, 7) is 16.2. The van der Waals surface area contributed by atoms with Crippen molar-refractivity contribution in [2.45, 2.75) is 34.1 Å². The van der Waals surface area contributed by atoms with Crippen LogP contribution in [0.5, 0.6) is 0 Å². The van der Waals surface area contributed by atoms with Gasteiger partial charge in [0, 0.05) is 0 Å². The van der Waals surface area contributed by atoms with Crippen molar-refractivity contribution in [1.82, 2.24) is 0 Å². The molecule has 0 aliphatic heterocycles. The highest BCUT2D eigenvalue weighted by Gasteiger charge is 2.03. The summed E-state index contributed by atoms with van der Waals surface area (Å²) in [7, 11) is 0. The average Bonchev–Trinajstić information content (AvgIpc) is 2.02. The molecule has 0 aromatic rings. The second kappa shape index (κ2) is 5.58. The second-order valence-corrected chi connectivity index (χ2v) is 3.31. The average molecular weight is 176 g/mol. The van der Waals surface area contributed by atoms with Gasteiger partial charge in [0.2, 0.25) is 0 Å². The van der Waals surface area contributed by atoms with E-state index in [1.165, 1.54) is 11.1 Å². The van der Waals surface area contributed by atoms with Crippen molar-refractivity contribution in [3.05, 3.63) is 47.6 Å². The Labute approximate surface area is 82.4 Å². The summed E-state index contributed by atoms with van der Waals surface area (Å²) < 4.78 is 0. The molecule has 0 saturated heterocycles. The van der Waals surface area contributed by atoms with Gasteiger partial charge in [-0.25, -0.2) is 0 Å². The van der Waals surface area contributed by atoms with E-state index in [0.717, 1.165) is 17.6 Å². The molecule has 0 rings (SSSR count). The van der Waals surface area contributed by atoms with Gasteiger partial charge < -0.3 is 0 Å². The van der Waals surface area contributed by atoms with E-state index in [1.807, 2.05) is 20.8 Å². The van der Waals surface area contributed by atoms with E-state index >= 15 is 0 Å². The third-order valence-corrected chi connectivity index (χ3v) is 1.92. The standard InChI is InChI=1S/C13H20/c1-7-9-12(8-2)13(10(3)4)11(5)6/h7,9H,3,5,8H2,1-2,4,6H3/b9-7-. The maximum atomic E-state index is 3.98. The van der Waals surface area contributed by atoms with Gasteiger partial charge in [-0.05, 0) is 38.3 Å². The van der Waals surface area contributed by atoms with Gasteiger partial charge in [-0.15, -0.1) is 0 Å². The Morgan fingerprint density at radius 1 is 1.15 bits per heavy atom. The highest BCUT2D eigenvalue weighted by Crippen LogP contribution is 2.23.